The lowest BCUT2D eigenvalue weighted by atomic mass is 9.92. The molecule has 1 saturated carbocycles. The molecule has 1 aromatic heterocycles. The van der Waals surface area contributed by atoms with E-state index in [0.717, 1.165) is 30.5 Å². The normalized spacial score (nSPS) is 15.0. The number of thiocarbonyl (C=S) groups is 1. The molecule has 1 aliphatic carbocycles. The molecular weight excluding hydrogens is 464 g/mol. The summed E-state index contributed by atoms with van der Waals surface area (Å²) >= 11 is 7.09. The monoisotopic (exact) mass is 485 g/mol. The summed E-state index contributed by atoms with van der Waals surface area (Å²) in [5.74, 6) is -1.06. The predicted molar refractivity (Wildman–Crippen MR) is 125 cm³/mol. The van der Waals surface area contributed by atoms with E-state index in [-0.39, 0.29) is 24.7 Å². The number of benzene rings is 2. The Kier molecular flexibility index (Phi) is 7.02. The number of rotatable bonds is 8. The molecule has 0 spiro atoms. The second-order valence-electron chi connectivity index (χ2n) is 7.93. The number of nitriles is 1. The molecule has 1 fully saturated rings. The summed E-state index contributed by atoms with van der Waals surface area (Å²) in [4.78, 5) is 5.79. The summed E-state index contributed by atoms with van der Waals surface area (Å²) < 4.78 is 30.3. The topological polar surface area (TPSA) is 78.0 Å². The molecule has 3 aromatic rings. The van der Waals surface area contributed by atoms with Crippen molar-refractivity contribution in [1.29, 1.82) is 5.26 Å². The van der Waals surface area contributed by atoms with E-state index >= 15 is 0 Å². The molecule has 0 aliphatic heterocycles. The second-order valence-corrected chi connectivity index (χ2v) is 9.54. The minimum Gasteiger partial charge on any atom is -0.381 e. The first-order chi connectivity index (χ1) is 15.9. The summed E-state index contributed by atoms with van der Waals surface area (Å²) in [7, 11) is 0. The van der Waals surface area contributed by atoms with Gasteiger partial charge in [-0.1, -0.05) is 48.2 Å². The van der Waals surface area contributed by atoms with Crippen molar-refractivity contribution >= 4 is 28.3 Å². The van der Waals surface area contributed by atoms with Crippen molar-refractivity contribution in [2.75, 3.05) is 6.54 Å². The van der Waals surface area contributed by atoms with E-state index in [2.05, 4.69) is 16.2 Å². The summed E-state index contributed by atoms with van der Waals surface area (Å²) in [5, 5.41) is 25.1. The first-order valence-electron chi connectivity index (χ1n) is 10.3. The van der Waals surface area contributed by atoms with Crippen LogP contribution in [0.1, 0.15) is 29.5 Å². The molecule has 1 atom stereocenters. The van der Waals surface area contributed by atoms with Gasteiger partial charge in [0.25, 0.3) is 0 Å². The molecule has 33 heavy (non-hydrogen) atoms. The van der Waals surface area contributed by atoms with Crippen molar-refractivity contribution < 1.29 is 13.9 Å². The number of thioether (sulfide) groups is 1. The smallest absolute Gasteiger partial charge is 0.137 e. The Balaban J connectivity index is 1.58. The fourth-order valence-electron chi connectivity index (χ4n) is 3.66. The zero-order valence-corrected chi connectivity index (χ0v) is 19.2. The van der Waals surface area contributed by atoms with E-state index in [0.29, 0.717) is 15.6 Å². The minimum atomic E-state index is -1.73. The lowest BCUT2D eigenvalue weighted by molar-refractivity contribution is -0.00746. The Morgan fingerprint density at radius 2 is 2.09 bits per heavy atom. The number of nitrogens with zero attached hydrogens (tertiary/aromatic N) is 5. The van der Waals surface area contributed by atoms with Gasteiger partial charge in [-0.25, -0.2) is 18.4 Å². The van der Waals surface area contributed by atoms with Crippen LogP contribution in [0.25, 0.3) is 0 Å². The van der Waals surface area contributed by atoms with Gasteiger partial charge in [0.15, 0.2) is 0 Å². The molecule has 1 aliphatic rings. The molecule has 2 aromatic carbocycles. The third-order valence-corrected chi connectivity index (χ3v) is 6.99. The van der Waals surface area contributed by atoms with Gasteiger partial charge in [0.2, 0.25) is 0 Å². The first kappa shape index (κ1) is 23.3. The van der Waals surface area contributed by atoms with Gasteiger partial charge in [0, 0.05) is 23.4 Å². The van der Waals surface area contributed by atoms with Crippen LogP contribution in [0.2, 0.25) is 0 Å². The largest absolute Gasteiger partial charge is 0.381 e. The van der Waals surface area contributed by atoms with Gasteiger partial charge >= 0.3 is 0 Å². The summed E-state index contributed by atoms with van der Waals surface area (Å²) in [6.07, 6.45) is 4.56. The van der Waals surface area contributed by atoms with Gasteiger partial charge in [0.05, 0.1) is 24.7 Å². The van der Waals surface area contributed by atoms with Gasteiger partial charge in [-0.3, -0.25) is 0 Å². The van der Waals surface area contributed by atoms with E-state index in [1.54, 1.807) is 6.07 Å². The van der Waals surface area contributed by atoms with Gasteiger partial charge in [-0.15, -0.1) is 0 Å². The van der Waals surface area contributed by atoms with Crippen LogP contribution in [0.4, 0.5) is 8.78 Å². The Labute approximate surface area is 199 Å². The van der Waals surface area contributed by atoms with Gasteiger partial charge < -0.3 is 10.0 Å². The van der Waals surface area contributed by atoms with Crippen LogP contribution in [-0.4, -0.2) is 41.7 Å². The Morgan fingerprint density at radius 1 is 1.30 bits per heavy atom. The van der Waals surface area contributed by atoms with Crippen LogP contribution in [0, 0.1) is 23.0 Å². The maximum absolute atomic E-state index is 14.8. The molecule has 1 unspecified atom stereocenters. The van der Waals surface area contributed by atoms with Crippen molar-refractivity contribution in [3.8, 4) is 6.07 Å². The fraction of sp³-hybridized carbons (Fsp3) is 0.304. The van der Waals surface area contributed by atoms with Crippen molar-refractivity contribution in [3.63, 3.8) is 0 Å². The predicted octanol–water partition coefficient (Wildman–Crippen LogP) is 4.00. The second kappa shape index (κ2) is 9.95. The lowest BCUT2D eigenvalue weighted by Crippen LogP contribution is -2.46. The average Bonchev–Trinajstić information content (AvgIpc) is 3.52. The molecule has 4 rings (SSSR count). The Hall–Kier alpha value is -2.87. The van der Waals surface area contributed by atoms with Crippen LogP contribution in [-0.2, 0) is 17.9 Å². The van der Waals surface area contributed by atoms with Gasteiger partial charge in [0.1, 0.15) is 34.2 Å². The van der Waals surface area contributed by atoms with Crippen molar-refractivity contribution in [1.82, 2.24) is 19.7 Å². The quantitative estimate of drug-likeness (QED) is 0.483. The SMILES string of the molecule is N#Cc1ccccc1CSC(=S)N(CC(O)(Cn1cncn1)c1ccc(F)cc1F)C1CC1. The number of aliphatic hydroxyl groups is 1. The van der Waals surface area contributed by atoms with E-state index in [9.17, 15) is 19.1 Å². The molecule has 0 amide bonds. The summed E-state index contributed by atoms with van der Waals surface area (Å²) in [5.41, 5.74) is -0.316. The Bertz CT molecular complexity index is 1180. The maximum atomic E-state index is 14.8. The number of hydrogen-bond donors (Lipinski definition) is 1. The first-order valence-corrected chi connectivity index (χ1v) is 11.7. The maximum Gasteiger partial charge on any atom is 0.137 e. The minimum absolute atomic E-state index is 0.00576. The van der Waals surface area contributed by atoms with Crippen molar-refractivity contribution in [2.24, 2.45) is 0 Å². The molecule has 0 bridgehead atoms. The van der Waals surface area contributed by atoms with Crippen molar-refractivity contribution in [2.45, 2.75) is 36.8 Å². The third kappa shape index (κ3) is 5.55. The molecule has 6 nitrogen and oxygen atoms in total. The highest BCUT2D eigenvalue weighted by atomic mass is 32.2. The molecule has 1 heterocycles. The summed E-state index contributed by atoms with van der Waals surface area (Å²) in [6, 6.07) is 12.8. The van der Waals surface area contributed by atoms with Crippen LogP contribution in [0.5, 0.6) is 0 Å². The van der Waals surface area contributed by atoms with Gasteiger partial charge in [-0.05, 0) is 30.5 Å². The highest BCUT2D eigenvalue weighted by molar-refractivity contribution is 8.22. The van der Waals surface area contributed by atoms with Crippen LogP contribution >= 0.6 is 24.0 Å². The standard InChI is InChI=1S/C23H21F2N5OS2/c24-18-5-8-20(21(25)9-18)23(31,12-29-15-27-14-28-29)13-30(19-6-7-19)22(32)33-11-17-4-2-1-3-16(17)10-26/h1-5,8-9,14-15,19,31H,6-7,11-13H2. The molecule has 1 N–H and O–H groups in total. The van der Waals surface area contributed by atoms with E-state index in [4.69, 9.17) is 12.2 Å². The van der Waals surface area contributed by atoms with Crippen LogP contribution < -0.4 is 0 Å². The van der Waals surface area contributed by atoms with E-state index in [1.807, 2.05) is 23.1 Å². The number of aromatic nitrogens is 3. The van der Waals surface area contributed by atoms with Crippen molar-refractivity contribution in [3.05, 3.63) is 83.4 Å². The lowest BCUT2D eigenvalue weighted by Gasteiger charge is -2.36. The van der Waals surface area contributed by atoms with Crippen LogP contribution in [0.15, 0.2) is 55.1 Å². The third-order valence-electron chi connectivity index (χ3n) is 5.47. The average molecular weight is 486 g/mol. The molecule has 10 heteroatoms. The molecular formula is C23H21F2N5OS2. The molecule has 170 valence electrons. The fourth-order valence-corrected chi connectivity index (χ4v) is 4.96. The highest BCUT2D eigenvalue weighted by Gasteiger charge is 2.41. The number of halogens is 2. The zero-order valence-electron chi connectivity index (χ0n) is 17.6. The zero-order chi connectivity index (χ0) is 23.4. The highest BCUT2D eigenvalue weighted by Crippen LogP contribution is 2.36. The number of hydrogen-bond acceptors (Lipinski definition) is 6. The van der Waals surface area contributed by atoms with Crippen LogP contribution in [0.3, 0.4) is 0 Å². The Morgan fingerprint density at radius 3 is 2.76 bits per heavy atom. The van der Waals surface area contributed by atoms with E-state index < -0.39 is 17.2 Å². The molecule has 0 radical (unpaired) electrons. The molecule has 0 saturated heterocycles. The summed E-state index contributed by atoms with van der Waals surface area (Å²) in [6.45, 7) is -0.0743. The van der Waals surface area contributed by atoms with Gasteiger partial charge in [-0.2, -0.15) is 10.4 Å². The van der Waals surface area contributed by atoms with E-state index in [1.165, 1.54) is 35.2 Å².